The van der Waals surface area contributed by atoms with Gasteiger partial charge in [0.05, 0.1) is 16.6 Å². The van der Waals surface area contributed by atoms with E-state index >= 15 is 0 Å². The van der Waals surface area contributed by atoms with Crippen LogP contribution in [-0.4, -0.2) is 20.9 Å². The number of nitrogens with zero attached hydrogens (tertiary/aromatic N) is 2. The van der Waals surface area contributed by atoms with Gasteiger partial charge >= 0.3 is 5.97 Å². The molecule has 0 amide bonds. The van der Waals surface area contributed by atoms with E-state index in [4.69, 9.17) is 9.15 Å². The van der Waals surface area contributed by atoms with E-state index in [1.54, 1.807) is 37.3 Å². The Morgan fingerprint density at radius 1 is 0.917 bits per heavy atom. The molecule has 4 aromatic carbocycles. The maximum absolute atomic E-state index is 13.2. The van der Waals surface area contributed by atoms with Gasteiger partial charge in [-0.3, -0.25) is 0 Å². The fourth-order valence-corrected chi connectivity index (χ4v) is 4.11. The Kier molecular flexibility index (Phi) is 5.30. The van der Waals surface area contributed by atoms with Crippen molar-refractivity contribution in [3.8, 4) is 22.8 Å². The molecule has 2 heterocycles. The first kappa shape index (κ1) is 21.7. The van der Waals surface area contributed by atoms with Crippen LogP contribution in [-0.2, 0) is 11.3 Å². The van der Waals surface area contributed by atoms with Gasteiger partial charge in [0.2, 0.25) is 5.89 Å². The van der Waals surface area contributed by atoms with Crippen molar-refractivity contribution < 1.29 is 18.3 Å². The van der Waals surface area contributed by atoms with Crippen molar-refractivity contribution in [3.05, 3.63) is 108 Å². The number of oxazole rings is 1. The molecule has 2 aromatic heterocycles. The number of imidazole rings is 1. The van der Waals surface area contributed by atoms with Crippen LogP contribution >= 0.6 is 0 Å². The molecular formula is C29H20FN3O3. The zero-order chi connectivity index (χ0) is 24.6. The third kappa shape index (κ3) is 4.11. The van der Waals surface area contributed by atoms with Gasteiger partial charge in [0.15, 0.2) is 0 Å². The highest BCUT2D eigenvalue weighted by Crippen LogP contribution is 2.26. The van der Waals surface area contributed by atoms with Crippen molar-refractivity contribution in [1.82, 2.24) is 15.0 Å². The molecule has 36 heavy (non-hydrogen) atoms. The van der Waals surface area contributed by atoms with Crippen molar-refractivity contribution >= 4 is 27.8 Å². The minimum Gasteiger partial charge on any atom is -0.455 e. The minimum atomic E-state index is -0.482. The van der Waals surface area contributed by atoms with Crippen molar-refractivity contribution in [2.75, 3.05) is 0 Å². The van der Waals surface area contributed by atoms with E-state index in [0.29, 0.717) is 39.8 Å². The number of aromatic amines is 1. The van der Waals surface area contributed by atoms with Crippen LogP contribution in [0.2, 0.25) is 0 Å². The summed E-state index contributed by atoms with van der Waals surface area (Å²) in [5.74, 6) is 0.876. The highest BCUT2D eigenvalue weighted by molar-refractivity contribution is 5.94. The lowest BCUT2D eigenvalue weighted by atomic mass is 10.1. The first-order valence-electron chi connectivity index (χ1n) is 11.4. The molecule has 0 aliphatic carbocycles. The Morgan fingerprint density at radius 3 is 2.53 bits per heavy atom. The number of aryl methyl sites for hydroxylation is 1. The largest absolute Gasteiger partial charge is 0.455 e. The summed E-state index contributed by atoms with van der Waals surface area (Å²) >= 11 is 0. The summed E-state index contributed by atoms with van der Waals surface area (Å²) < 4.78 is 24.6. The van der Waals surface area contributed by atoms with Gasteiger partial charge in [0, 0.05) is 11.1 Å². The van der Waals surface area contributed by atoms with Gasteiger partial charge in [0.25, 0.3) is 0 Å². The lowest BCUT2D eigenvalue weighted by Crippen LogP contribution is -2.06. The highest BCUT2D eigenvalue weighted by atomic mass is 19.1. The molecule has 0 atom stereocenters. The van der Waals surface area contributed by atoms with E-state index in [0.717, 1.165) is 21.9 Å². The second-order valence-corrected chi connectivity index (χ2v) is 8.48. The fraction of sp³-hybridized carbons (Fsp3) is 0.0690. The van der Waals surface area contributed by atoms with Gasteiger partial charge in [-0.25, -0.2) is 19.2 Å². The summed E-state index contributed by atoms with van der Waals surface area (Å²) in [7, 11) is 0. The minimum absolute atomic E-state index is 0.0103. The normalized spacial score (nSPS) is 11.3. The van der Waals surface area contributed by atoms with Crippen LogP contribution in [0.15, 0.2) is 89.3 Å². The number of nitrogens with one attached hydrogen (secondary N) is 1. The third-order valence-electron chi connectivity index (χ3n) is 6.06. The summed E-state index contributed by atoms with van der Waals surface area (Å²) in [6.07, 6.45) is 0. The van der Waals surface area contributed by atoms with Crippen LogP contribution in [0.4, 0.5) is 4.39 Å². The molecule has 6 aromatic rings. The van der Waals surface area contributed by atoms with Crippen molar-refractivity contribution in [2.24, 2.45) is 0 Å². The van der Waals surface area contributed by atoms with Crippen LogP contribution in [0.1, 0.15) is 21.8 Å². The van der Waals surface area contributed by atoms with Gasteiger partial charge in [-0.05, 0) is 72.3 Å². The lowest BCUT2D eigenvalue weighted by molar-refractivity contribution is 0.0467. The quantitative estimate of drug-likeness (QED) is 0.275. The SMILES string of the molecule is Cc1oc(-c2ccc3ccccc3c2)nc1COC(=O)c1ccc2nc(-c3ccc(F)cc3)[nH]c2c1. The summed E-state index contributed by atoms with van der Waals surface area (Å²) in [6, 6.07) is 25.2. The van der Waals surface area contributed by atoms with Gasteiger partial charge in [-0.2, -0.15) is 0 Å². The topological polar surface area (TPSA) is 81.0 Å². The van der Waals surface area contributed by atoms with Gasteiger partial charge < -0.3 is 14.1 Å². The van der Waals surface area contributed by atoms with Crippen LogP contribution < -0.4 is 0 Å². The predicted molar refractivity (Wildman–Crippen MR) is 135 cm³/mol. The maximum Gasteiger partial charge on any atom is 0.338 e. The average Bonchev–Trinajstić information content (AvgIpc) is 3.50. The van der Waals surface area contributed by atoms with E-state index < -0.39 is 5.97 Å². The van der Waals surface area contributed by atoms with Gasteiger partial charge in [0.1, 0.15) is 29.7 Å². The number of benzene rings is 4. The molecule has 1 N–H and O–H groups in total. The number of fused-ring (bicyclic) bond motifs is 2. The van der Waals surface area contributed by atoms with Crippen molar-refractivity contribution in [1.29, 1.82) is 0 Å². The summed E-state index contributed by atoms with van der Waals surface area (Å²) in [5, 5.41) is 2.23. The van der Waals surface area contributed by atoms with Crippen LogP contribution in [0, 0.1) is 12.7 Å². The van der Waals surface area contributed by atoms with Crippen molar-refractivity contribution in [3.63, 3.8) is 0 Å². The first-order chi connectivity index (χ1) is 17.5. The first-order valence-corrected chi connectivity index (χ1v) is 11.4. The molecule has 0 spiro atoms. The Labute approximate surface area is 205 Å². The van der Waals surface area contributed by atoms with E-state index in [-0.39, 0.29) is 12.4 Å². The molecular weight excluding hydrogens is 457 g/mol. The fourth-order valence-electron chi connectivity index (χ4n) is 4.11. The number of esters is 1. The monoisotopic (exact) mass is 477 g/mol. The molecule has 6 rings (SSSR count). The number of aromatic nitrogens is 3. The number of hydrogen-bond acceptors (Lipinski definition) is 5. The standard InChI is InChI=1S/C29H20FN3O3/c1-17-26(33-28(36-17)21-7-6-18-4-2-3-5-20(18)14-21)16-35-29(34)22-10-13-24-25(15-22)32-27(31-24)19-8-11-23(30)12-9-19/h2-15H,16H2,1H3,(H,31,32). The zero-order valence-electron chi connectivity index (χ0n) is 19.3. The van der Waals surface area contributed by atoms with Gasteiger partial charge in [-0.15, -0.1) is 0 Å². The second kappa shape index (κ2) is 8.78. The Bertz CT molecular complexity index is 1730. The molecule has 176 valence electrons. The van der Waals surface area contributed by atoms with E-state index in [2.05, 4.69) is 21.0 Å². The number of rotatable bonds is 5. The molecule has 6 nitrogen and oxygen atoms in total. The second-order valence-electron chi connectivity index (χ2n) is 8.48. The van der Waals surface area contributed by atoms with E-state index in [1.165, 1.54) is 12.1 Å². The number of hydrogen-bond donors (Lipinski definition) is 1. The number of ether oxygens (including phenoxy) is 1. The molecule has 0 fully saturated rings. The summed E-state index contributed by atoms with van der Waals surface area (Å²) in [6.45, 7) is 1.79. The smallest absolute Gasteiger partial charge is 0.338 e. The molecule has 0 bridgehead atoms. The Morgan fingerprint density at radius 2 is 1.69 bits per heavy atom. The molecule has 0 aliphatic rings. The Hall–Kier alpha value is -4.78. The van der Waals surface area contributed by atoms with Crippen LogP contribution in [0.5, 0.6) is 0 Å². The summed E-state index contributed by atoms with van der Waals surface area (Å²) in [4.78, 5) is 25.0. The molecule has 7 heteroatoms. The average molecular weight is 477 g/mol. The van der Waals surface area contributed by atoms with E-state index in [9.17, 15) is 9.18 Å². The number of halogens is 1. The van der Waals surface area contributed by atoms with Crippen LogP contribution in [0.3, 0.4) is 0 Å². The molecule has 0 radical (unpaired) electrons. The third-order valence-corrected chi connectivity index (χ3v) is 6.06. The summed E-state index contributed by atoms with van der Waals surface area (Å²) in [5.41, 5.74) is 3.93. The zero-order valence-corrected chi connectivity index (χ0v) is 19.3. The maximum atomic E-state index is 13.2. The predicted octanol–water partition coefficient (Wildman–Crippen LogP) is 6.84. The molecule has 0 aliphatic heterocycles. The van der Waals surface area contributed by atoms with Gasteiger partial charge in [-0.1, -0.05) is 30.3 Å². The van der Waals surface area contributed by atoms with E-state index in [1.807, 2.05) is 36.4 Å². The lowest BCUT2D eigenvalue weighted by Gasteiger charge is -2.03. The number of H-pyrrole nitrogens is 1. The number of carbonyl (C=O) groups excluding carboxylic acids is 1. The number of carbonyl (C=O) groups is 1. The molecule has 0 saturated heterocycles. The molecule has 0 saturated carbocycles. The highest BCUT2D eigenvalue weighted by Gasteiger charge is 2.16. The van der Waals surface area contributed by atoms with Crippen LogP contribution in [0.25, 0.3) is 44.6 Å². The Balaban J connectivity index is 1.18. The van der Waals surface area contributed by atoms with Crippen molar-refractivity contribution in [2.45, 2.75) is 13.5 Å². The molecule has 0 unspecified atom stereocenters.